The molecule has 2 amide bonds. The molecule has 40 heavy (non-hydrogen) atoms. The van der Waals surface area contributed by atoms with Gasteiger partial charge in [0.25, 0.3) is 0 Å². The normalized spacial score (nSPS) is 31.3. The van der Waals surface area contributed by atoms with Crippen molar-refractivity contribution in [2.24, 2.45) is 11.8 Å². The molecule has 0 aromatic rings. The first kappa shape index (κ1) is 30.8. The van der Waals surface area contributed by atoms with Crippen LogP contribution in [0.15, 0.2) is 25.3 Å². The summed E-state index contributed by atoms with van der Waals surface area (Å²) in [5.74, 6) is -2.03. The highest BCUT2D eigenvalue weighted by Crippen LogP contribution is 2.63. The van der Waals surface area contributed by atoms with Gasteiger partial charge in [-0.05, 0) is 64.7 Å². The number of ether oxygens (including phenoxy) is 2. The molecule has 2 unspecified atom stereocenters. The number of fused-ring (bicyclic) bond motifs is 1. The first-order valence-electron chi connectivity index (χ1n) is 15.6. The Bertz CT molecular complexity index is 932. The summed E-state index contributed by atoms with van der Waals surface area (Å²) in [5, 5.41) is 9.17. The van der Waals surface area contributed by atoms with Gasteiger partial charge in [-0.2, -0.15) is 0 Å². The number of nitrogens with zero attached hydrogens (tertiary/aromatic N) is 2. The molecule has 3 aliphatic heterocycles. The van der Waals surface area contributed by atoms with Crippen LogP contribution in [-0.2, 0) is 23.9 Å². The Morgan fingerprint density at radius 2 is 1.82 bits per heavy atom. The summed E-state index contributed by atoms with van der Waals surface area (Å²) in [6.07, 6.45) is 15.8. The van der Waals surface area contributed by atoms with E-state index >= 15 is 0 Å². The number of esters is 1. The van der Waals surface area contributed by atoms with Crippen molar-refractivity contribution >= 4 is 17.8 Å². The lowest BCUT2D eigenvalue weighted by Crippen LogP contribution is -2.58. The van der Waals surface area contributed by atoms with Crippen molar-refractivity contribution in [3.05, 3.63) is 25.3 Å². The van der Waals surface area contributed by atoms with Crippen molar-refractivity contribution in [1.82, 2.24) is 9.80 Å². The largest absolute Gasteiger partial charge is 0.465 e. The summed E-state index contributed by atoms with van der Waals surface area (Å²) in [5.41, 5.74) is -1.84. The van der Waals surface area contributed by atoms with Crippen LogP contribution in [0.25, 0.3) is 0 Å². The molecule has 3 saturated heterocycles. The van der Waals surface area contributed by atoms with Crippen LogP contribution in [0.5, 0.6) is 0 Å². The van der Waals surface area contributed by atoms with Gasteiger partial charge in [-0.15, -0.1) is 13.2 Å². The smallest absolute Gasteiger partial charge is 0.312 e. The third kappa shape index (κ3) is 5.89. The number of hydrogen-bond donors (Lipinski definition) is 1. The summed E-state index contributed by atoms with van der Waals surface area (Å²) in [4.78, 5) is 46.0. The lowest BCUT2D eigenvalue weighted by atomic mass is 9.66. The van der Waals surface area contributed by atoms with Crippen molar-refractivity contribution in [3.63, 3.8) is 0 Å². The number of unbranched alkanes of at least 4 members (excludes halogenated alkanes) is 5. The molecule has 2 bridgehead atoms. The standard InChI is InChI=1S/C32H50N2O6/c1-4-6-7-15-23-39-30(38)26-25-28(36)34(21-13-8-9-14-22-35)27(32(25)19-18-31(26,3)40-32)29(37)33(20-5-2)24-16-11-10-12-17-24/h4-5,24-27,35H,1-2,6-23H2,3H3/t25-,26-,27?,31+,32?/m0/s1. The van der Waals surface area contributed by atoms with Gasteiger partial charge in [0.15, 0.2) is 0 Å². The Hall–Kier alpha value is -2.19. The zero-order chi connectivity index (χ0) is 28.8. The van der Waals surface area contributed by atoms with E-state index in [4.69, 9.17) is 9.47 Å². The summed E-state index contributed by atoms with van der Waals surface area (Å²) in [6, 6.07) is -0.626. The number of carbonyl (C=O) groups is 3. The number of hydrogen-bond acceptors (Lipinski definition) is 6. The number of carbonyl (C=O) groups excluding carboxylic acids is 3. The minimum absolute atomic E-state index is 0.0688. The first-order valence-corrected chi connectivity index (χ1v) is 15.6. The molecule has 0 radical (unpaired) electrons. The average molecular weight is 559 g/mol. The molecule has 1 saturated carbocycles. The average Bonchev–Trinajstić information content (AvgIpc) is 3.52. The van der Waals surface area contributed by atoms with Gasteiger partial charge in [-0.25, -0.2) is 0 Å². The number of allylic oxidation sites excluding steroid dienone is 1. The zero-order valence-corrected chi connectivity index (χ0v) is 24.5. The van der Waals surface area contributed by atoms with Crippen LogP contribution in [0.1, 0.15) is 96.8 Å². The van der Waals surface area contributed by atoms with Gasteiger partial charge < -0.3 is 24.4 Å². The lowest BCUT2D eigenvalue weighted by molar-refractivity contribution is -0.160. The van der Waals surface area contributed by atoms with Gasteiger partial charge in [0.05, 0.1) is 18.1 Å². The SMILES string of the molecule is C=CCCCCOC(=O)[C@@H]1[C@H]2C(=O)N(CCCCCCO)C(C(=O)N(CC=C)C3CCCCC3)C23CC[C@@]1(C)O3. The topological polar surface area (TPSA) is 96.4 Å². The minimum Gasteiger partial charge on any atom is -0.465 e. The van der Waals surface area contributed by atoms with Crippen LogP contribution < -0.4 is 0 Å². The van der Waals surface area contributed by atoms with Crippen LogP contribution in [0.4, 0.5) is 0 Å². The Balaban J connectivity index is 1.61. The van der Waals surface area contributed by atoms with E-state index < -0.39 is 29.1 Å². The van der Waals surface area contributed by atoms with E-state index in [-0.39, 0.29) is 30.4 Å². The molecule has 5 atom stereocenters. The summed E-state index contributed by atoms with van der Waals surface area (Å²) in [7, 11) is 0. The number of rotatable bonds is 16. The Morgan fingerprint density at radius 3 is 2.52 bits per heavy atom. The quantitative estimate of drug-likeness (QED) is 0.170. The predicted molar refractivity (Wildman–Crippen MR) is 153 cm³/mol. The molecule has 8 heteroatoms. The Labute approximate surface area is 240 Å². The molecule has 1 spiro atoms. The fourth-order valence-corrected chi connectivity index (χ4v) is 7.81. The van der Waals surface area contributed by atoms with Gasteiger partial charge >= 0.3 is 5.97 Å². The molecule has 0 aromatic carbocycles. The van der Waals surface area contributed by atoms with E-state index in [0.29, 0.717) is 32.5 Å². The maximum absolute atomic E-state index is 14.6. The van der Waals surface area contributed by atoms with Gasteiger partial charge in [0.1, 0.15) is 17.6 Å². The molecule has 4 rings (SSSR count). The molecule has 224 valence electrons. The van der Waals surface area contributed by atoms with Crippen LogP contribution in [0, 0.1) is 11.8 Å². The molecule has 4 fully saturated rings. The van der Waals surface area contributed by atoms with E-state index in [9.17, 15) is 19.5 Å². The molecule has 1 aliphatic carbocycles. The maximum Gasteiger partial charge on any atom is 0.312 e. The summed E-state index contributed by atoms with van der Waals surface area (Å²) < 4.78 is 12.5. The summed E-state index contributed by atoms with van der Waals surface area (Å²) >= 11 is 0. The zero-order valence-electron chi connectivity index (χ0n) is 24.5. The van der Waals surface area contributed by atoms with Crippen molar-refractivity contribution in [2.45, 2.75) is 120 Å². The van der Waals surface area contributed by atoms with Crippen LogP contribution in [0.2, 0.25) is 0 Å². The number of likely N-dealkylation sites (tertiary alicyclic amines) is 1. The molecule has 3 heterocycles. The monoisotopic (exact) mass is 558 g/mol. The van der Waals surface area contributed by atoms with Crippen molar-refractivity contribution in [3.8, 4) is 0 Å². The fourth-order valence-electron chi connectivity index (χ4n) is 7.81. The van der Waals surface area contributed by atoms with Crippen LogP contribution in [0.3, 0.4) is 0 Å². The minimum atomic E-state index is -1.02. The molecular weight excluding hydrogens is 508 g/mol. The second-order valence-electron chi connectivity index (χ2n) is 12.4. The molecular formula is C32H50N2O6. The van der Waals surface area contributed by atoms with Crippen LogP contribution >= 0.6 is 0 Å². The van der Waals surface area contributed by atoms with E-state index in [1.54, 1.807) is 11.0 Å². The van der Waals surface area contributed by atoms with Gasteiger partial charge in [0, 0.05) is 25.7 Å². The maximum atomic E-state index is 14.6. The first-order chi connectivity index (χ1) is 19.3. The van der Waals surface area contributed by atoms with Crippen molar-refractivity contribution < 1.29 is 29.0 Å². The van der Waals surface area contributed by atoms with Gasteiger partial charge in [-0.1, -0.05) is 44.3 Å². The highest BCUT2D eigenvalue weighted by Gasteiger charge is 2.78. The molecule has 1 N–H and O–H groups in total. The van der Waals surface area contributed by atoms with Crippen molar-refractivity contribution in [1.29, 1.82) is 0 Å². The van der Waals surface area contributed by atoms with Crippen LogP contribution in [-0.4, -0.2) is 82.3 Å². The highest BCUT2D eigenvalue weighted by molar-refractivity contribution is 5.98. The second-order valence-corrected chi connectivity index (χ2v) is 12.4. The third-order valence-corrected chi connectivity index (χ3v) is 9.74. The molecule has 0 aromatic heterocycles. The predicted octanol–water partition coefficient (Wildman–Crippen LogP) is 4.55. The Kier molecular flexibility index (Phi) is 10.5. The lowest BCUT2D eigenvalue weighted by Gasteiger charge is -2.40. The number of amides is 2. The molecule has 8 nitrogen and oxygen atoms in total. The number of aliphatic hydroxyl groups is 1. The fraction of sp³-hybridized carbons (Fsp3) is 0.781. The van der Waals surface area contributed by atoms with Gasteiger partial charge in [0.2, 0.25) is 11.8 Å². The van der Waals surface area contributed by atoms with E-state index in [0.717, 1.165) is 70.6 Å². The Morgan fingerprint density at radius 1 is 1.07 bits per heavy atom. The summed E-state index contributed by atoms with van der Waals surface area (Å²) in [6.45, 7) is 10.9. The highest BCUT2D eigenvalue weighted by atomic mass is 16.6. The van der Waals surface area contributed by atoms with Crippen molar-refractivity contribution in [2.75, 3.05) is 26.3 Å². The van der Waals surface area contributed by atoms with Gasteiger partial charge in [-0.3, -0.25) is 14.4 Å². The molecule has 4 aliphatic rings. The third-order valence-electron chi connectivity index (χ3n) is 9.74. The number of aliphatic hydroxyl groups excluding tert-OH is 1. The second kappa shape index (κ2) is 13.6. The van der Waals surface area contributed by atoms with E-state index in [2.05, 4.69) is 13.2 Å². The van der Waals surface area contributed by atoms with E-state index in [1.807, 2.05) is 17.9 Å². The van der Waals surface area contributed by atoms with E-state index in [1.165, 1.54) is 6.42 Å².